The number of rotatable bonds is 11. The fourth-order valence-electron chi connectivity index (χ4n) is 2.34. The lowest BCUT2D eigenvalue weighted by Gasteiger charge is -2.09. The molecular weight excluding hydrogens is 348 g/mol. The van der Waals surface area contributed by atoms with Crippen LogP contribution >= 0.6 is 0 Å². The molecule has 2 aromatic carbocycles. The van der Waals surface area contributed by atoms with Crippen molar-refractivity contribution < 1.29 is 19.2 Å². The van der Waals surface area contributed by atoms with Crippen LogP contribution in [-0.2, 0) is 4.79 Å². The number of hydrogen-bond donors (Lipinski definition) is 1. The summed E-state index contributed by atoms with van der Waals surface area (Å²) in [7, 11) is 0. The Balaban J connectivity index is 1.71. The third-order valence-corrected chi connectivity index (χ3v) is 3.77. The van der Waals surface area contributed by atoms with Crippen LogP contribution in [0, 0.1) is 10.1 Å². The van der Waals surface area contributed by atoms with Crippen molar-refractivity contribution >= 4 is 17.3 Å². The van der Waals surface area contributed by atoms with Crippen molar-refractivity contribution in [2.75, 3.05) is 18.5 Å². The molecular formula is C20H24N2O5. The summed E-state index contributed by atoms with van der Waals surface area (Å²) in [5, 5.41) is 13.7. The van der Waals surface area contributed by atoms with E-state index in [1.165, 1.54) is 6.07 Å². The van der Waals surface area contributed by atoms with Crippen LogP contribution in [-0.4, -0.2) is 24.0 Å². The second kappa shape index (κ2) is 10.8. The number of carbonyl (C=O) groups is 1. The Morgan fingerprint density at radius 1 is 1.04 bits per heavy atom. The van der Waals surface area contributed by atoms with E-state index in [1.807, 2.05) is 12.1 Å². The average Bonchev–Trinajstić information content (AvgIpc) is 2.67. The third kappa shape index (κ3) is 6.97. The number of benzene rings is 2. The van der Waals surface area contributed by atoms with E-state index in [0.717, 1.165) is 18.6 Å². The first-order valence-corrected chi connectivity index (χ1v) is 8.99. The molecule has 0 aliphatic heterocycles. The second-order valence-corrected chi connectivity index (χ2v) is 5.95. The van der Waals surface area contributed by atoms with Gasteiger partial charge in [-0.3, -0.25) is 14.9 Å². The molecule has 0 aliphatic rings. The summed E-state index contributed by atoms with van der Waals surface area (Å²) in [5.41, 5.74) is 0.616. The Morgan fingerprint density at radius 3 is 2.44 bits per heavy atom. The molecule has 0 saturated heterocycles. The van der Waals surface area contributed by atoms with Crippen LogP contribution in [0.4, 0.5) is 11.4 Å². The normalized spacial score (nSPS) is 10.3. The summed E-state index contributed by atoms with van der Waals surface area (Å²) in [6, 6.07) is 13.4. The molecule has 0 aliphatic carbocycles. The summed E-state index contributed by atoms with van der Waals surface area (Å²) in [5.74, 6) is 0.849. The largest absolute Gasteiger partial charge is 0.494 e. The molecule has 0 fully saturated rings. The number of unbranched alkanes of at least 4 members (excludes halogenated alkanes) is 1. The van der Waals surface area contributed by atoms with Crippen LogP contribution in [0.5, 0.6) is 11.5 Å². The van der Waals surface area contributed by atoms with Gasteiger partial charge in [0.2, 0.25) is 5.91 Å². The first-order valence-electron chi connectivity index (χ1n) is 8.99. The van der Waals surface area contributed by atoms with Crippen molar-refractivity contribution in [3.63, 3.8) is 0 Å². The Morgan fingerprint density at radius 2 is 1.74 bits per heavy atom. The van der Waals surface area contributed by atoms with Gasteiger partial charge in [-0.2, -0.15) is 0 Å². The van der Waals surface area contributed by atoms with Crippen molar-refractivity contribution in [1.82, 2.24) is 0 Å². The first kappa shape index (κ1) is 20.2. The molecule has 0 spiro atoms. The highest BCUT2D eigenvalue weighted by Crippen LogP contribution is 2.25. The van der Waals surface area contributed by atoms with Crippen molar-refractivity contribution in [1.29, 1.82) is 0 Å². The summed E-state index contributed by atoms with van der Waals surface area (Å²) in [6.45, 7) is 3.01. The van der Waals surface area contributed by atoms with Crippen LogP contribution in [0.1, 0.15) is 32.6 Å². The Kier molecular flexibility index (Phi) is 8.09. The van der Waals surface area contributed by atoms with Gasteiger partial charge in [0.05, 0.1) is 18.1 Å². The minimum absolute atomic E-state index is 0.0804. The summed E-state index contributed by atoms with van der Waals surface area (Å²) < 4.78 is 11.0. The van der Waals surface area contributed by atoms with Gasteiger partial charge in [-0.15, -0.1) is 0 Å². The van der Waals surface area contributed by atoms with Gasteiger partial charge >= 0.3 is 5.69 Å². The summed E-state index contributed by atoms with van der Waals surface area (Å²) >= 11 is 0. The fourth-order valence-corrected chi connectivity index (χ4v) is 2.34. The van der Waals surface area contributed by atoms with Gasteiger partial charge in [-0.05, 0) is 43.2 Å². The van der Waals surface area contributed by atoms with E-state index in [2.05, 4.69) is 12.2 Å². The lowest BCUT2D eigenvalue weighted by atomic mass is 10.2. The molecule has 0 unspecified atom stereocenters. The minimum Gasteiger partial charge on any atom is -0.494 e. The predicted molar refractivity (Wildman–Crippen MR) is 103 cm³/mol. The first-order chi connectivity index (χ1) is 13.1. The van der Waals surface area contributed by atoms with E-state index < -0.39 is 4.92 Å². The molecule has 0 bridgehead atoms. The van der Waals surface area contributed by atoms with Crippen LogP contribution in [0.3, 0.4) is 0 Å². The second-order valence-electron chi connectivity index (χ2n) is 5.95. The zero-order chi connectivity index (χ0) is 19.5. The molecule has 2 rings (SSSR count). The Hall–Kier alpha value is -3.09. The number of carbonyl (C=O) groups excluding carboxylic acids is 1. The highest BCUT2D eigenvalue weighted by molar-refractivity contribution is 5.90. The van der Waals surface area contributed by atoms with Crippen LogP contribution in [0.2, 0.25) is 0 Å². The molecule has 7 heteroatoms. The van der Waals surface area contributed by atoms with E-state index in [4.69, 9.17) is 9.47 Å². The van der Waals surface area contributed by atoms with Crippen LogP contribution in [0.25, 0.3) is 0 Å². The third-order valence-electron chi connectivity index (χ3n) is 3.77. The van der Waals surface area contributed by atoms with Gasteiger partial charge in [0, 0.05) is 18.2 Å². The molecule has 0 saturated carbocycles. The van der Waals surface area contributed by atoms with Crippen molar-refractivity contribution in [2.45, 2.75) is 32.6 Å². The van der Waals surface area contributed by atoms with Crippen LogP contribution < -0.4 is 14.8 Å². The Bertz CT molecular complexity index is 746. The minimum atomic E-state index is -0.488. The number of nitro groups is 1. The van der Waals surface area contributed by atoms with E-state index in [1.54, 1.807) is 30.3 Å². The average molecular weight is 372 g/mol. The summed E-state index contributed by atoms with van der Waals surface area (Å²) in [6.07, 6.45) is 2.80. The quantitative estimate of drug-likeness (QED) is 0.354. The fraction of sp³-hybridized carbons (Fsp3) is 0.350. The lowest BCUT2D eigenvalue weighted by Crippen LogP contribution is -2.13. The maximum atomic E-state index is 12.0. The number of para-hydroxylation sites is 2. The maximum absolute atomic E-state index is 12.0. The zero-order valence-electron chi connectivity index (χ0n) is 15.3. The molecule has 27 heavy (non-hydrogen) atoms. The standard InChI is InChI=1S/C20H24N2O5/c1-2-3-14-26-17-12-10-16(11-13-17)21-20(23)9-6-15-27-19-8-5-4-7-18(19)22(24)25/h4-5,7-8,10-13H,2-3,6,9,14-15H2,1H3,(H,21,23). The highest BCUT2D eigenvalue weighted by Gasteiger charge is 2.13. The predicted octanol–water partition coefficient (Wildman–Crippen LogP) is 4.57. The molecule has 144 valence electrons. The number of amides is 1. The van der Waals surface area contributed by atoms with Gasteiger partial charge < -0.3 is 14.8 Å². The zero-order valence-corrected chi connectivity index (χ0v) is 15.3. The van der Waals surface area contributed by atoms with Gasteiger partial charge in [0.25, 0.3) is 0 Å². The molecule has 1 amide bonds. The van der Waals surface area contributed by atoms with Crippen molar-refractivity contribution in [3.8, 4) is 11.5 Å². The van der Waals surface area contributed by atoms with Crippen molar-refractivity contribution in [2.24, 2.45) is 0 Å². The summed E-state index contributed by atoms with van der Waals surface area (Å²) in [4.78, 5) is 22.4. The van der Waals surface area contributed by atoms with E-state index >= 15 is 0 Å². The van der Waals surface area contributed by atoms with Gasteiger partial charge in [-0.1, -0.05) is 25.5 Å². The monoisotopic (exact) mass is 372 g/mol. The topological polar surface area (TPSA) is 90.7 Å². The number of hydrogen-bond acceptors (Lipinski definition) is 5. The van der Waals surface area contributed by atoms with Gasteiger partial charge in [-0.25, -0.2) is 0 Å². The number of nitrogens with one attached hydrogen (secondary N) is 1. The lowest BCUT2D eigenvalue weighted by molar-refractivity contribution is -0.385. The number of ether oxygens (including phenoxy) is 2. The van der Waals surface area contributed by atoms with Gasteiger partial charge in [0.15, 0.2) is 5.75 Å². The molecule has 0 heterocycles. The molecule has 0 atom stereocenters. The molecule has 1 N–H and O–H groups in total. The number of nitro benzene ring substituents is 1. The Labute approximate surface area is 158 Å². The van der Waals surface area contributed by atoms with E-state index in [0.29, 0.717) is 18.7 Å². The maximum Gasteiger partial charge on any atom is 0.310 e. The van der Waals surface area contributed by atoms with E-state index in [9.17, 15) is 14.9 Å². The highest BCUT2D eigenvalue weighted by atomic mass is 16.6. The number of nitrogens with zero attached hydrogens (tertiary/aromatic N) is 1. The molecule has 0 aromatic heterocycles. The molecule has 0 radical (unpaired) electrons. The van der Waals surface area contributed by atoms with Crippen LogP contribution in [0.15, 0.2) is 48.5 Å². The number of anilines is 1. The SMILES string of the molecule is CCCCOc1ccc(NC(=O)CCCOc2ccccc2[N+](=O)[O-])cc1. The van der Waals surface area contributed by atoms with Crippen molar-refractivity contribution in [3.05, 3.63) is 58.6 Å². The smallest absolute Gasteiger partial charge is 0.310 e. The molecule has 7 nitrogen and oxygen atoms in total. The van der Waals surface area contributed by atoms with Gasteiger partial charge in [0.1, 0.15) is 5.75 Å². The van der Waals surface area contributed by atoms with E-state index in [-0.39, 0.29) is 30.4 Å². The molecule has 2 aromatic rings.